The summed E-state index contributed by atoms with van der Waals surface area (Å²) in [4.78, 5) is 9.43. The first-order chi connectivity index (χ1) is 15.3. The highest BCUT2D eigenvalue weighted by Gasteiger charge is 2.29. The Morgan fingerprint density at radius 1 is 0.903 bits per heavy atom. The van der Waals surface area contributed by atoms with Crippen molar-refractivity contribution in [1.82, 2.24) is 9.97 Å². The monoisotopic (exact) mass is 407 g/mol. The molecule has 0 spiro atoms. The standard InChI is InChI=1S/C28H26N2O/c1-18(2)19-13-15-29-23(17-19)21-11-8-12-22-25-24(31-26(21)22)14-16-30-27(25)28(3,4)20-9-6-5-7-10-20/h5-18H,1-4H3/i18D. The summed E-state index contributed by atoms with van der Waals surface area (Å²) in [6.07, 6.45) is 3.60. The van der Waals surface area contributed by atoms with E-state index in [4.69, 9.17) is 10.8 Å². The van der Waals surface area contributed by atoms with Gasteiger partial charge in [0.05, 0.1) is 16.8 Å². The lowest BCUT2D eigenvalue weighted by Gasteiger charge is -2.25. The van der Waals surface area contributed by atoms with Gasteiger partial charge >= 0.3 is 0 Å². The van der Waals surface area contributed by atoms with Gasteiger partial charge in [-0.15, -0.1) is 0 Å². The molecule has 31 heavy (non-hydrogen) atoms. The zero-order valence-corrected chi connectivity index (χ0v) is 18.3. The van der Waals surface area contributed by atoms with Crippen molar-refractivity contribution in [3.8, 4) is 11.3 Å². The average Bonchev–Trinajstić information content (AvgIpc) is 3.18. The predicted molar refractivity (Wildman–Crippen MR) is 127 cm³/mol. The quantitative estimate of drug-likeness (QED) is 0.310. The summed E-state index contributed by atoms with van der Waals surface area (Å²) in [6, 6.07) is 22.4. The number of nitrogens with zero attached hydrogens (tertiary/aromatic N) is 2. The highest BCUT2D eigenvalue weighted by molar-refractivity contribution is 6.10. The Bertz CT molecular complexity index is 1430. The zero-order valence-electron chi connectivity index (χ0n) is 19.3. The van der Waals surface area contributed by atoms with Crippen LogP contribution in [0.25, 0.3) is 33.2 Å². The molecule has 0 atom stereocenters. The Labute approximate surface area is 184 Å². The molecule has 3 nitrogen and oxygen atoms in total. The first-order valence-corrected chi connectivity index (χ1v) is 10.6. The number of rotatable bonds is 4. The number of hydrogen-bond acceptors (Lipinski definition) is 3. The van der Waals surface area contributed by atoms with Gasteiger partial charge < -0.3 is 4.42 Å². The van der Waals surface area contributed by atoms with Crippen molar-refractivity contribution in [3.63, 3.8) is 0 Å². The van der Waals surface area contributed by atoms with Gasteiger partial charge in [-0.3, -0.25) is 9.97 Å². The van der Waals surface area contributed by atoms with Crippen molar-refractivity contribution < 1.29 is 5.79 Å². The summed E-state index contributed by atoms with van der Waals surface area (Å²) < 4.78 is 14.8. The fraction of sp³-hybridized carbons (Fsp3) is 0.214. The van der Waals surface area contributed by atoms with Crippen LogP contribution in [-0.2, 0) is 5.41 Å². The minimum atomic E-state index is -0.698. The molecule has 3 aromatic heterocycles. The summed E-state index contributed by atoms with van der Waals surface area (Å²) in [7, 11) is 0. The second kappa shape index (κ2) is 7.35. The van der Waals surface area contributed by atoms with E-state index >= 15 is 0 Å². The maximum atomic E-state index is 8.40. The Morgan fingerprint density at radius 3 is 2.45 bits per heavy atom. The van der Waals surface area contributed by atoms with Crippen molar-refractivity contribution in [2.75, 3.05) is 0 Å². The minimum absolute atomic E-state index is 0.291. The van der Waals surface area contributed by atoms with E-state index in [1.165, 1.54) is 5.56 Å². The molecule has 0 aliphatic rings. The lowest BCUT2D eigenvalue weighted by Crippen LogP contribution is -2.20. The van der Waals surface area contributed by atoms with Gasteiger partial charge in [0.2, 0.25) is 0 Å². The molecular weight excluding hydrogens is 380 g/mol. The third-order valence-electron chi connectivity index (χ3n) is 6.11. The molecule has 0 N–H and O–H groups in total. The molecule has 2 aromatic carbocycles. The Hall–Kier alpha value is -3.46. The Balaban J connectivity index is 1.76. The number of para-hydroxylation sites is 1. The predicted octanol–water partition coefficient (Wildman–Crippen LogP) is 7.49. The number of pyridine rings is 2. The van der Waals surface area contributed by atoms with Gasteiger partial charge in [0.25, 0.3) is 0 Å². The third kappa shape index (κ3) is 3.21. The van der Waals surface area contributed by atoms with Gasteiger partial charge in [-0.05, 0) is 41.3 Å². The maximum Gasteiger partial charge on any atom is 0.144 e. The van der Waals surface area contributed by atoms with E-state index < -0.39 is 5.89 Å². The van der Waals surface area contributed by atoms with E-state index in [2.05, 4.69) is 49.2 Å². The lowest BCUT2D eigenvalue weighted by atomic mass is 9.79. The van der Waals surface area contributed by atoms with Crippen molar-refractivity contribution in [2.24, 2.45) is 0 Å². The molecule has 0 unspecified atom stereocenters. The molecule has 5 rings (SSSR count). The van der Waals surface area contributed by atoms with E-state index in [1.54, 1.807) is 6.20 Å². The minimum Gasteiger partial charge on any atom is -0.455 e. The molecule has 0 amide bonds. The van der Waals surface area contributed by atoms with E-state index in [9.17, 15) is 0 Å². The summed E-state index contributed by atoms with van der Waals surface area (Å²) in [5.41, 5.74) is 6.18. The van der Waals surface area contributed by atoms with E-state index in [-0.39, 0.29) is 5.41 Å². The van der Waals surface area contributed by atoms with E-state index in [1.807, 2.05) is 56.4 Å². The highest BCUT2D eigenvalue weighted by atomic mass is 16.3. The van der Waals surface area contributed by atoms with Crippen LogP contribution in [0.3, 0.4) is 0 Å². The lowest BCUT2D eigenvalue weighted by molar-refractivity contribution is 0.620. The second-order valence-corrected chi connectivity index (χ2v) is 8.74. The number of furan rings is 1. The Kier molecular flexibility index (Phi) is 4.34. The van der Waals surface area contributed by atoms with Crippen molar-refractivity contribution in [2.45, 2.75) is 39.0 Å². The first-order valence-electron chi connectivity index (χ1n) is 11.1. The van der Waals surface area contributed by atoms with Crippen LogP contribution in [0.5, 0.6) is 0 Å². The van der Waals surface area contributed by atoms with Crippen LogP contribution in [0, 0.1) is 0 Å². The van der Waals surface area contributed by atoms with Crippen LogP contribution >= 0.6 is 0 Å². The molecule has 154 valence electrons. The van der Waals surface area contributed by atoms with Gasteiger partial charge in [-0.25, -0.2) is 0 Å². The summed E-state index contributed by atoms with van der Waals surface area (Å²) in [6.45, 7) is 8.18. The van der Waals surface area contributed by atoms with Crippen LogP contribution in [0.1, 0.15) is 51.8 Å². The molecule has 5 aromatic rings. The van der Waals surface area contributed by atoms with Crippen molar-refractivity contribution in [1.29, 1.82) is 0 Å². The van der Waals surface area contributed by atoms with E-state index in [0.29, 0.717) is 0 Å². The van der Waals surface area contributed by atoms with Gasteiger partial charge in [-0.1, -0.05) is 70.2 Å². The molecule has 0 saturated carbocycles. The molecule has 0 fully saturated rings. The maximum absolute atomic E-state index is 8.40. The fourth-order valence-electron chi connectivity index (χ4n) is 4.30. The zero-order chi connectivity index (χ0) is 22.5. The number of benzene rings is 2. The van der Waals surface area contributed by atoms with Gasteiger partial charge in [-0.2, -0.15) is 0 Å². The smallest absolute Gasteiger partial charge is 0.144 e. The van der Waals surface area contributed by atoms with Crippen LogP contribution in [0.4, 0.5) is 0 Å². The van der Waals surface area contributed by atoms with Gasteiger partial charge in [0, 0.05) is 30.1 Å². The second-order valence-electron chi connectivity index (χ2n) is 8.74. The first kappa shape index (κ1) is 18.3. The molecule has 0 radical (unpaired) electrons. The molecule has 0 bridgehead atoms. The van der Waals surface area contributed by atoms with Crippen LogP contribution in [0.15, 0.2) is 83.5 Å². The Morgan fingerprint density at radius 2 is 1.68 bits per heavy atom. The topological polar surface area (TPSA) is 38.9 Å². The summed E-state index contributed by atoms with van der Waals surface area (Å²) in [5.74, 6) is -0.698. The van der Waals surface area contributed by atoms with Crippen molar-refractivity contribution in [3.05, 3.63) is 95.9 Å². The van der Waals surface area contributed by atoms with Crippen LogP contribution in [0.2, 0.25) is 0 Å². The average molecular weight is 408 g/mol. The molecule has 3 heterocycles. The summed E-state index contributed by atoms with van der Waals surface area (Å²) >= 11 is 0. The molecule has 0 aliphatic heterocycles. The normalized spacial score (nSPS) is 13.0. The molecule has 3 heteroatoms. The highest BCUT2D eigenvalue weighted by Crippen LogP contribution is 2.41. The number of fused-ring (bicyclic) bond motifs is 3. The number of hydrogen-bond donors (Lipinski definition) is 0. The van der Waals surface area contributed by atoms with Crippen molar-refractivity contribution >= 4 is 21.9 Å². The van der Waals surface area contributed by atoms with Gasteiger partial charge in [0.1, 0.15) is 11.2 Å². The SMILES string of the molecule is [2H]C(C)(C)c1ccnc(-c2cccc3c2oc2ccnc(C(C)(C)c4ccccc4)c23)c1. The number of aromatic nitrogens is 2. The molecular formula is C28H26N2O. The molecule has 0 aliphatic carbocycles. The van der Waals surface area contributed by atoms with Crippen LogP contribution < -0.4 is 0 Å². The largest absolute Gasteiger partial charge is 0.455 e. The van der Waals surface area contributed by atoms with E-state index in [0.717, 1.165) is 44.5 Å². The molecule has 0 saturated heterocycles. The summed E-state index contributed by atoms with van der Waals surface area (Å²) in [5, 5.41) is 2.07. The van der Waals surface area contributed by atoms with Gasteiger partial charge in [0.15, 0.2) is 0 Å². The third-order valence-corrected chi connectivity index (χ3v) is 6.11. The van der Waals surface area contributed by atoms with Crippen LogP contribution in [-0.4, -0.2) is 9.97 Å². The fourth-order valence-corrected chi connectivity index (χ4v) is 4.30.